The molecule has 1 aromatic carbocycles. The number of methoxy groups -OCH3 is 1. The molecule has 4 atom stereocenters. The lowest BCUT2D eigenvalue weighted by atomic mass is 9.55. The first-order chi connectivity index (χ1) is 13.6. The summed E-state index contributed by atoms with van der Waals surface area (Å²) in [4.78, 5) is 25.1. The van der Waals surface area contributed by atoms with Crippen LogP contribution in [0, 0.1) is 17.8 Å². The van der Waals surface area contributed by atoms with Crippen LogP contribution in [0.15, 0.2) is 53.6 Å². The van der Waals surface area contributed by atoms with E-state index in [1.807, 2.05) is 18.2 Å². The van der Waals surface area contributed by atoms with E-state index in [0.29, 0.717) is 19.3 Å². The van der Waals surface area contributed by atoms with Crippen LogP contribution in [0.25, 0.3) is 0 Å². The van der Waals surface area contributed by atoms with E-state index in [1.165, 1.54) is 17.7 Å². The number of aryl methyl sites for hydroxylation is 1. The van der Waals surface area contributed by atoms with Gasteiger partial charge in [0.2, 0.25) is 0 Å². The van der Waals surface area contributed by atoms with Crippen LogP contribution >= 0.6 is 0 Å². The van der Waals surface area contributed by atoms with Gasteiger partial charge >= 0.3 is 7.12 Å². The van der Waals surface area contributed by atoms with Gasteiger partial charge in [-0.1, -0.05) is 30.3 Å². The summed E-state index contributed by atoms with van der Waals surface area (Å²) in [6.07, 6.45) is 4.95. The number of hydrogen-bond acceptors (Lipinski definition) is 5. The van der Waals surface area contributed by atoms with Gasteiger partial charge in [-0.2, -0.15) is 0 Å². The molecule has 1 N–H and O–H groups in total. The highest BCUT2D eigenvalue weighted by atomic mass is 16.5. The number of carbonyl (C=O) groups excluding carboxylic acids is 2. The Labute approximate surface area is 165 Å². The fraction of sp³-hybridized carbons (Fsp3) is 0.455. The molecule has 1 heterocycles. The van der Waals surface area contributed by atoms with Crippen molar-refractivity contribution in [3.05, 3.63) is 59.2 Å². The lowest BCUT2D eigenvalue weighted by Gasteiger charge is -2.46. The predicted octanol–water partition coefficient (Wildman–Crippen LogP) is 2.40. The van der Waals surface area contributed by atoms with E-state index in [9.17, 15) is 14.6 Å². The van der Waals surface area contributed by atoms with Gasteiger partial charge in [-0.25, -0.2) is 0 Å². The molecular weight excluding hydrogens is 355 g/mol. The Hall–Kier alpha value is -2.02. The SMILES string of the molecule is COCC1=C2[C@@H](CCc3ccccc3)OB(O)C[C@@H]2[C@@H]2C(=O)C=CC(=O)[C@@H]2C1. The van der Waals surface area contributed by atoms with E-state index in [2.05, 4.69) is 12.1 Å². The van der Waals surface area contributed by atoms with Gasteiger partial charge in [0.1, 0.15) is 0 Å². The van der Waals surface area contributed by atoms with Crippen LogP contribution in [0.1, 0.15) is 18.4 Å². The normalized spacial score (nSPS) is 29.7. The Balaban J connectivity index is 1.67. The molecule has 0 spiro atoms. The molecule has 0 amide bonds. The molecule has 3 aliphatic rings. The third-order valence-corrected chi connectivity index (χ3v) is 6.23. The molecule has 0 saturated carbocycles. The first-order valence-electron chi connectivity index (χ1n) is 9.92. The van der Waals surface area contributed by atoms with Crippen LogP contribution in [-0.2, 0) is 25.4 Å². The van der Waals surface area contributed by atoms with E-state index in [1.54, 1.807) is 7.11 Å². The molecule has 6 heteroatoms. The number of ether oxygens (including phenoxy) is 1. The van der Waals surface area contributed by atoms with Crippen molar-refractivity contribution in [2.24, 2.45) is 17.8 Å². The number of allylic oxidation sites excluding steroid dienone is 2. The van der Waals surface area contributed by atoms with E-state index < -0.39 is 13.0 Å². The molecule has 0 bridgehead atoms. The van der Waals surface area contributed by atoms with Crippen molar-refractivity contribution in [3.8, 4) is 0 Å². The van der Waals surface area contributed by atoms with Crippen LogP contribution < -0.4 is 0 Å². The maximum absolute atomic E-state index is 12.7. The van der Waals surface area contributed by atoms with Gasteiger partial charge in [0, 0.05) is 18.9 Å². The number of rotatable bonds is 5. The zero-order valence-corrected chi connectivity index (χ0v) is 16.0. The summed E-state index contributed by atoms with van der Waals surface area (Å²) in [6.45, 7) is 0.418. The highest BCUT2D eigenvalue weighted by Gasteiger charge is 2.51. The molecule has 1 fully saturated rings. The third-order valence-electron chi connectivity index (χ3n) is 6.23. The molecule has 2 aliphatic carbocycles. The summed E-state index contributed by atoms with van der Waals surface area (Å²) in [5.41, 5.74) is 3.33. The van der Waals surface area contributed by atoms with Crippen molar-refractivity contribution in [3.63, 3.8) is 0 Å². The summed E-state index contributed by atoms with van der Waals surface area (Å²) in [5.74, 6) is -0.935. The minimum Gasteiger partial charge on any atom is -0.427 e. The Morgan fingerprint density at radius 2 is 1.89 bits per heavy atom. The van der Waals surface area contributed by atoms with Crippen LogP contribution in [-0.4, -0.2) is 43.5 Å². The zero-order valence-electron chi connectivity index (χ0n) is 16.0. The Bertz CT molecular complexity index is 815. The van der Waals surface area contributed by atoms with Gasteiger partial charge in [0.25, 0.3) is 0 Å². The molecule has 5 nitrogen and oxygen atoms in total. The second-order valence-corrected chi connectivity index (χ2v) is 7.91. The fourth-order valence-corrected chi connectivity index (χ4v) is 5.08. The highest BCUT2D eigenvalue weighted by molar-refractivity contribution is 6.43. The Morgan fingerprint density at radius 1 is 1.14 bits per heavy atom. The van der Waals surface area contributed by atoms with Crippen molar-refractivity contribution in [2.75, 3.05) is 13.7 Å². The quantitative estimate of drug-likeness (QED) is 0.628. The number of ketones is 2. The first kappa shape index (κ1) is 19.3. The third kappa shape index (κ3) is 3.64. The number of benzene rings is 1. The Kier molecular flexibility index (Phi) is 5.62. The molecule has 1 aromatic rings. The molecule has 1 saturated heterocycles. The molecule has 28 heavy (non-hydrogen) atoms. The molecule has 0 radical (unpaired) electrons. The Morgan fingerprint density at radius 3 is 2.64 bits per heavy atom. The van der Waals surface area contributed by atoms with Gasteiger partial charge in [-0.15, -0.1) is 0 Å². The minimum atomic E-state index is -0.925. The monoisotopic (exact) mass is 380 g/mol. The van der Waals surface area contributed by atoms with Gasteiger partial charge < -0.3 is 14.4 Å². The average Bonchev–Trinajstić information content (AvgIpc) is 2.69. The minimum absolute atomic E-state index is 0.000861. The largest absolute Gasteiger partial charge is 0.455 e. The standard InChI is InChI=1S/C22H25BO5/c1-27-13-15-11-16-18(24)8-9-19(25)22(16)17-12-23(26)28-20(21(15)17)10-7-14-5-3-2-4-6-14/h2-6,8-9,16-17,20,22,26H,7,10-13H2,1H3/t16-,17-,20+,22+/m0/s1. The maximum atomic E-state index is 12.7. The number of carbonyl (C=O) groups is 2. The van der Waals surface area contributed by atoms with Gasteiger partial charge in [0.05, 0.1) is 12.7 Å². The van der Waals surface area contributed by atoms with Gasteiger partial charge in [0.15, 0.2) is 11.6 Å². The van der Waals surface area contributed by atoms with E-state index in [-0.39, 0.29) is 29.5 Å². The van der Waals surface area contributed by atoms with Crippen molar-refractivity contribution in [1.29, 1.82) is 0 Å². The van der Waals surface area contributed by atoms with Crippen molar-refractivity contribution in [2.45, 2.75) is 31.7 Å². The zero-order chi connectivity index (χ0) is 19.7. The van der Waals surface area contributed by atoms with Crippen molar-refractivity contribution >= 4 is 18.7 Å². The van der Waals surface area contributed by atoms with Crippen LogP contribution in [0.3, 0.4) is 0 Å². The van der Waals surface area contributed by atoms with Gasteiger partial charge in [-0.05, 0) is 60.4 Å². The van der Waals surface area contributed by atoms with Gasteiger partial charge in [-0.3, -0.25) is 9.59 Å². The molecule has 0 aromatic heterocycles. The molecule has 1 aliphatic heterocycles. The van der Waals surface area contributed by atoms with Crippen LogP contribution in [0.2, 0.25) is 6.32 Å². The summed E-state index contributed by atoms with van der Waals surface area (Å²) >= 11 is 0. The summed E-state index contributed by atoms with van der Waals surface area (Å²) < 4.78 is 11.3. The predicted molar refractivity (Wildman–Crippen MR) is 106 cm³/mol. The lowest BCUT2D eigenvalue weighted by Crippen LogP contribution is -2.49. The van der Waals surface area contributed by atoms with E-state index in [4.69, 9.17) is 9.39 Å². The lowest BCUT2D eigenvalue weighted by molar-refractivity contribution is -0.131. The number of hydrogen-bond donors (Lipinski definition) is 1. The topological polar surface area (TPSA) is 72.8 Å². The smallest absolute Gasteiger partial charge is 0.427 e. The second-order valence-electron chi connectivity index (χ2n) is 7.91. The van der Waals surface area contributed by atoms with Crippen molar-refractivity contribution in [1.82, 2.24) is 0 Å². The van der Waals surface area contributed by atoms with E-state index in [0.717, 1.165) is 24.0 Å². The molecule has 4 rings (SSSR count). The fourth-order valence-electron chi connectivity index (χ4n) is 5.08. The maximum Gasteiger partial charge on any atom is 0.455 e. The molecule has 0 unspecified atom stereocenters. The van der Waals surface area contributed by atoms with Crippen LogP contribution in [0.5, 0.6) is 0 Å². The molecular formula is C22H25BO5. The first-order valence-corrected chi connectivity index (χ1v) is 9.92. The van der Waals surface area contributed by atoms with E-state index >= 15 is 0 Å². The summed E-state index contributed by atoms with van der Waals surface area (Å²) in [5, 5.41) is 10.4. The van der Waals surface area contributed by atoms with Crippen molar-refractivity contribution < 1.29 is 24.0 Å². The second kappa shape index (κ2) is 8.15. The summed E-state index contributed by atoms with van der Waals surface area (Å²) in [6, 6.07) is 10.2. The molecule has 146 valence electrons. The highest BCUT2D eigenvalue weighted by Crippen LogP contribution is 2.48. The van der Waals surface area contributed by atoms with Crippen LogP contribution in [0.4, 0.5) is 0 Å². The summed E-state index contributed by atoms with van der Waals surface area (Å²) in [7, 11) is 0.714. The number of fused-ring (bicyclic) bond motifs is 3. The average molecular weight is 380 g/mol.